The van der Waals surface area contributed by atoms with Crippen molar-refractivity contribution in [2.75, 3.05) is 18.6 Å². The number of hydrogen-bond acceptors (Lipinski definition) is 3. The molecule has 0 bridgehead atoms. The van der Waals surface area contributed by atoms with E-state index in [0.717, 1.165) is 12.5 Å². The fourth-order valence-corrected chi connectivity index (χ4v) is 4.06. The Labute approximate surface area is 106 Å². The Kier molecular flexibility index (Phi) is 5.93. The van der Waals surface area contributed by atoms with Gasteiger partial charge in [0.2, 0.25) is 0 Å². The molecule has 0 aliphatic heterocycles. The van der Waals surface area contributed by atoms with Gasteiger partial charge in [0, 0.05) is 12.3 Å². The molecule has 3 unspecified atom stereocenters. The van der Waals surface area contributed by atoms with Crippen LogP contribution in [0.1, 0.15) is 46.0 Å². The van der Waals surface area contributed by atoms with Gasteiger partial charge in [-0.05, 0) is 31.2 Å². The maximum absolute atomic E-state index is 11.5. The third kappa shape index (κ3) is 5.38. The van der Waals surface area contributed by atoms with E-state index >= 15 is 0 Å². The first-order chi connectivity index (χ1) is 7.96. The van der Waals surface area contributed by atoms with E-state index in [-0.39, 0.29) is 6.04 Å². The van der Waals surface area contributed by atoms with Gasteiger partial charge in [-0.3, -0.25) is 0 Å². The second-order valence-electron chi connectivity index (χ2n) is 5.46. The van der Waals surface area contributed by atoms with Gasteiger partial charge in [0.1, 0.15) is 9.84 Å². The molecule has 0 aromatic heterocycles. The topological polar surface area (TPSA) is 46.2 Å². The number of rotatable bonds is 6. The summed E-state index contributed by atoms with van der Waals surface area (Å²) < 4.78 is 22.9. The molecule has 1 saturated carbocycles. The first kappa shape index (κ1) is 15.0. The molecule has 0 radical (unpaired) electrons. The van der Waals surface area contributed by atoms with E-state index in [1.807, 2.05) is 0 Å². The van der Waals surface area contributed by atoms with Crippen LogP contribution in [-0.4, -0.2) is 33.0 Å². The smallest absolute Gasteiger partial charge is 0.148 e. The summed E-state index contributed by atoms with van der Waals surface area (Å²) in [6.07, 6.45) is 7.54. The maximum Gasteiger partial charge on any atom is 0.148 e. The third-order valence-corrected chi connectivity index (χ3v) is 4.88. The molecule has 1 fully saturated rings. The van der Waals surface area contributed by atoms with Crippen LogP contribution in [0.5, 0.6) is 0 Å². The molecule has 0 heterocycles. The van der Waals surface area contributed by atoms with Crippen LogP contribution in [0.3, 0.4) is 0 Å². The van der Waals surface area contributed by atoms with Crippen molar-refractivity contribution < 1.29 is 8.42 Å². The Bertz CT molecular complexity index is 313. The molecule has 1 aliphatic carbocycles. The molecule has 4 heteroatoms. The normalized spacial score (nSPS) is 27.9. The molecule has 0 amide bonds. The van der Waals surface area contributed by atoms with Gasteiger partial charge in [0.15, 0.2) is 0 Å². The van der Waals surface area contributed by atoms with Gasteiger partial charge in [0.25, 0.3) is 0 Å². The van der Waals surface area contributed by atoms with E-state index in [9.17, 15) is 8.42 Å². The van der Waals surface area contributed by atoms with Gasteiger partial charge in [-0.25, -0.2) is 8.42 Å². The summed E-state index contributed by atoms with van der Waals surface area (Å²) in [5.74, 6) is 1.64. The summed E-state index contributed by atoms with van der Waals surface area (Å²) in [5, 5.41) is 3.37. The van der Waals surface area contributed by atoms with Crippen molar-refractivity contribution in [1.82, 2.24) is 5.32 Å². The van der Waals surface area contributed by atoms with Crippen molar-refractivity contribution in [3.05, 3.63) is 0 Å². The number of hydrogen-bond donors (Lipinski definition) is 1. The summed E-state index contributed by atoms with van der Waals surface area (Å²) in [6.45, 7) is 5.15. The zero-order valence-electron chi connectivity index (χ0n) is 11.4. The predicted molar refractivity (Wildman–Crippen MR) is 72.9 cm³/mol. The predicted octanol–water partition coefficient (Wildman–Crippen LogP) is 2.23. The Balaban J connectivity index is 2.62. The van der Waals surface area contributed by atoms with Gasteiger partial charge in [0.05, 0.1) is 5.75 Å². The summed E-state index contributed by atoms with van der Waals surface area (Å²) in [4.78, 5) is 0. The highest BCUT2D eigenvalue weighted by Gasteiger charge is 2.29. The maximum atomic E-state index is 11.5. The van der Waals surface area contributed by atoms with E-state index in [1.165, 1.54) is 38.4 Å². The standard InChI is InChI=1S/C13H27NO2S/c1-4-11-7-6-8-12(9-11)13(14-5-2)10-17(3,15)16/h11-14H,4-10H2,1-3H3. The molecule has 1 rings (SSSR count). The Morgan fingerprint density at radius 2 is 2.00 bits per heavy atom. The lowest BCUT2D eigenvalue weighted by Gasteiger charge is -2.34. The molecule has 17 heavy (non-hydrogen) atoms. The van der Waals surface area contributed by atoms with Gasteiger partial charge >= 0.3 is 0 Å². The summed E-state index contributed by atoms with van der Waals surface area (Å²) in [5.41, 5.74) is 0. The Hall–Kier alpha value is -0.0900. The molecule has 3 nitrogen and oxygen atoms in total. The van der Waals surface area contributed by atoms with Crippen molar-refractivity contribution in [3.63, 3.8) is 0 Å². The van der Waals surface area contributed by atoms with Crippen molar-refractivity contribution in [3.8, 4) is 0 Å². The van der Waals surface area contributed by atoms with E-state index in [0.29, 0.717) is 11.7 Å². The van der Waals surface area contributed by atoms with Crippen LogP contribution in [-0.2, 0) is 9.84 Å². The lowest BCUT2D eigenvalue weighted by molar-refractivity contribution is 0.219. The van der Waals surface area contributed by atoms with Crippen molar-refractivity contribution in [1.29, 1.82) is 0 Å². The fourth-order valence-electron chi connectivity index (χ4n) is 3.02. The minimum atomic E-state index is -2.88. The third-order valence-electron chi connectivity index (χ3n) is 3.92. The molecular formula is C13H27NO2S. The molecule has 1 aliphatic rings. The van der Waals surface area contributed by atoms with Crippen LogP contribution >= 0.6 is 0 Å². The van der Waals surface area contributed by atoms with Gasteiger partial charge in [-0.2, -0.15) is 0 Å². The summed E-state index contributed by atoms with van der Waals surface area (Å²) >= 11 is 0. The lowest BCUT2D eigenvalue weighted by atomic mass is 9.77. The van der Waals surface area contributed by atoms with Crippen molar-refractivity contribution in [2.45, 2.75) is 52.0 Å². The van der Waals surface area contributed by atoms with Gasteiger partial charge in [-0.1, -0.05) is 33.1 Å². The molecule has 1 N–H and O–H groups in total. The molecule has 0 aromatic carbocycles. The second kappa shape index (κ2) is 6.74. The Morgan fingerprint density at radius 3 is 2.53 bits per heavy atom. The van der Waals surface area contributed by atoms with E-state index in [1.54, 1.807) is 0 Å². The van der Waals surface area contributed by atoms with Crippen LogP contribution in [0.4, 0.5) is 0 Å². The lowest BCUT2D eigenvalue weighted by Crippen LogP contribution is -2.43. The van der Waals surface area contributed by atoms with Crippen LogP contribution in [0.25, 0.3) is 0 Å². The van der Waals surface area contributed by atoms with Gasteiger partial charge in [-0.15, -0.1) is 0 Å². The first-order valence-corrected chi connectivity index (χ1v) is 8.93. The first-order valence-electron chi connectivity index (χ1n) is 6.87. The highest BCUT2D eigenvalue weighted by atomic mass is 32.2. The monoisotopic (exact) mass is 261 g/mol. The summed E-state index contributed by atoms with van der Waals surface area (Å²) in [6, 6.07) is 0.157. The number of sulfone groups is 1. The van der Waals surface area contributed by atoms with Gasteiger partial charge < -0.3 is 5.32 Å². The van der Waals surface area contributed by atoms with Crippen LogP contribution < -0.4 is 5.32 Å². The second-order valence-corrected chi connectivity index (χ2v) is 7.64. The highest BCUT2D eigenvalue weighted by molar-refractivity contribution is 7.90. The van der Waals surface area contributed by atoms with Crippen molar-refractivity contribution in [2.24, 2.45) is 11.8 Å². The molecular weight excluding hydrogens is 234 g/mol. The molecule has 3 atom stereocenters. The zero-order valence-corrected chi connectivity index (χ0v) is 12.2. The van der Waals surface area contributed by atoms with Crippen molar-refractivity contribution >= 4 is 9.84 Å². The molecule has 0 saturated heterocycles. The van der Waals surface area contributed by atoms with Crippen LogP contribution in [0.15, 0.2) is 0 Å². The van der Waals surface area contributed by atoms with E-state index in [2.05, 4.69) is 19.2 Å². The zero-order chi connectivity index (χ0) is 12.9. The quantitative estimate of drug-likeness (QED) is 0.797. The minimum absolute atomic E-state index is 0.157. The van der Waals surface area contributed by atoms with Crippen LogP contribution in [0, 0.1) is 11.8 Å². The van der Waals surface area contributed by atoms with E-state index in [4.69, 9.17) is 0 Å². The average molecular weight is 261 g/mol. The molecule has 0 aromatic rings. The number of nitrogens with one attached hydrogen (secondary N) is 1. The largest absolute Gasteiger partial charge is 0.313 e. The molecule has 102 valence electrons. The Morgan fingerprint density at radius 1 is 1.29 bits per heavy atom. The highest BCUT2D eigenvalue weighted by Crippen LogP contribution is 2.33. The minimum Gasteiger partial charge on any atom is -0.313 e. The van der Waals surface area contributed by atoms with Crippen LogP contribution in [0.2, 0.25) is 0 Å². The SMILES string of the molecule is CCNC(CS(C)(=O)=O)C1CCCC(CC)C1. The fraction of sp³-hybridized carbons (Fsp3) is 1.00. The average Bonchev–Trinajstić information content (AvgIpc) is 2.27. The summed E-state index contributed by atoms with van der Waals surface area (Å²) in [7, 11) is -2.88. The molecule has 0 spiro atoms. The van der Waals surface area contributed by atoms with E-state index < -0.39 is 9.84 Å².